The second-order valence-corrected chi connectivity index (χ2v) is 8.45. The van der Waals surface area contributed by atoms with E-state index in [9.17, 15) is 19.6 Å². The summed E-state index contributed by atoms with van der Waals surface area (Å²) in [5.41, 5.74) is 3.71. The highest BCUT2D eigenvalue weighted by Crippen LogP contribution is 2.21. The van der Waals surface area contributed by atoms with Crippen LogP contribution < -0.4 is 21.4 Å². The minimum Gasteiger partial charge on any atom is -0.361 e. The van der Waals surface area contributed by atoms with Gasteiger partial charge >= 0.3 is 6.03 Å². The Bertz CT molecular complexity index is 1160. The Kier molecular flexibility index (Phi) is 8.50. The van der Waals surface area contributed by atoms with Gasteiger partial charge in [-0.25, -0.2) is 10.3 Å². The lowest BCUT2D eigenvalue weighted by Gasteiger charge is -2.26. The number of H-pyrrole nitrogens is 1. The molecule has 2 aromatic carbocycles. The molecule has 34 heavy (non-hydrogen) atoms. The smallest absolute Gasteiger partial charge is 0.319 e. The van der Waals surface area contributed by atoms with Crippen LogP contribution in [0.3, 0.4) is 0 Å². The molecule has 9 nitrogen and oxygen atoms in total. The first-order valence-corrected chi connectivity index (χ1v) is 11.3. The molecule has 0 saturated carbocycles. The number of hydroxylamine groups is 1. The highest BCUT2D eigenvalue weighted by Gasteiger charge is 2.30. The van der Waals surface area contributed by atoms with E-state index in [0.29, 0.717) is 17.1 Å². The van der Waals surface area contributed by atoms with Crippen LogP contribution in [0.5, 0.6) is 0 Å². The number of nitrogens with one attached hydrogen (secondary N) is 5. The summed E-state index contributed by atoms with van der Waals surface area (Å²) in [6.07, 6.45) is 2.50. The van der Waals surface area contributed by atoms with Gasteiger partial charge in [-0.1, -0.05) is 62.2 Å². The summed E-state index contributed by atoms with van der Waals surface area (Å²) < 4.78 is 0. The normalized spacial score (nSPS) is 13.5. The van der Waals surface area contributed by atoms with E-state index in [1.54, 1.807) is 35.9 Å². The number of amides is 4. The molecule has 0 unspecified atom stereocenters. The van der Waals surface area contributed by atoms with Gasteiger partial charge in [-0.3, -0.25) is 14.8 Å². The van der Waals surface area contributed by atoms with Crippen molar-refractivity contribution in [2.75, 3.05) is 5.32 Å². The van der Waals surface area contributed by atoms with E-state index < -0.39 is 29.9 Å². The highest BCUT2D eigenvalue weighted by molar-refractivity contribution is 6.33. The average Bonchev–Trinajstić information content (AvgIpc) is 3.25. The summed E-state index contributed by atoms with van der Waals surface area (Å²) in [7, 11) is 0. The maximum Gasteiger partial charge on any atom is 0.319 e. The molecular formula is C24H28ClN5O4. The van der Waals surface area contributed by atoms with Crippen LogP contribution in [0.15, 0.2) is 54.7 Å². The van der Waals surface area contributed by atoms with Crippen LogP contribution in [-0.4, -0.2) is 40.1 Å². The molecule has 6 N–H and O–H groups in total. The molecule has 180 valence electrons. The van der Waals surface area contributed by atoms with Crippen molar-refractivity contribution in [3.63, 3.8) is 0 Å². The standard InChI is InChI=1S/C24H28ClN5O4/c1-3-14(2)21(29-24(33)28-19-11-7-5-9-17(19)25)23(32)27-20(22(31)30-34)12-15-13-26-18-10-6-4-8-16(15)18/h4-11,13-14,20-21,26,34H,3,12H2,1-2H3,(H,27,32)(H,30,31)(H2,28,29,33)/t14-,20-,21-/m0/s1. The van der Waals surface area contributed by atoms with Crippen molar-refractivity contribution in [1.29, 1.82) is 0 Å². The van der Waals surface area contributed by atoms with Gasteiger partial charge in [0.25, 0.3) is 5.91 Å². The zero-order chi connectivity index (χ0) is 24.7. The number of aromatic nitrogens is 1. The molecular weight excluding hydrogens is 458 g/mol. The number of urea groups is 1. The predicted octanol–water partition coefficient (Wildman–Crippen LogP) is 3.59. The number of rotatable bonds is 9. The SMILES string of the molecule is CC[C@H](C)[C@H](NC(=O)Nc1ccccc1Cl)C(=O)N[C@@H](Cc1c[nH]c2ccccc12)C(=O)NO. The second-order valence-electron chi connectivity index (χ2n) is 8.04. The Labute approximate surface area is 202 Å². The number of carbonyl (C=O) groups excluding carboxylic acids is 3. The van der Waals surface area contributed by atoms with Crippen molar-refractivity contribution >= 4 is 46.0 Å². The summed E-state index contributed by atoms with van der Waals surface area (Å²) in [6.45, 7) is 3.71. The Balaban J connectivity index is 1.75. The zero-order valence-electron chi connectivity index (χ0n) is 18.9. The third-order valence-corrected chi connectivity index (χ3v) is 6.08. The van der Waals surface area contributed by atoms with E-state index in [4.69, 9.17) is 11.6 Å². The van der Waals surface area contributed by atoms with Crippen molar-refractivity contribution in [2.45, 2.75) is 38.8 Å². The second kappa shape index (κ2) is 11.5. The Hall–Kier alpha value is -3.56. The first-order valence-electron chi connectivity index (χ1n) is 10.9. The average molecular weight is 486 g/mol. The van der Waals surface area contributed by atoms with E-state index in [1.165, 1.54) is 0 Å². The Morgan fingerprint density at radius 1 is 1.03 bits per heavy atom. The van der Waals surface area contributed by atoms with Crippen molar-refractivity contribution < 1.29 is 19.6 Å². The van der Waals surface area contributed by atoms with Crippen molar-refractivity contribution in [2.24, 2.45) is 5.92 Å². The quantitative estimate of drug-likeness (QED) is 0.204. The fourth-order valence-corrected chi connectivity index (χ4v) is 3.82. The highest BCUT2D eigenvalue weighted by atomic mass is 35.5. The van der Waals surface area contributed by atoms with Gasteiger partial charge in [-0.15, -0.1) is 0 Å². The van der Waals surface area contributed by atoms with Gasteiger partial charge in [-0.05, 0) is 29.7 Å². The maximum absolute atomic E-state index is 13.2. The first kappa shape index (κ1) is 25.1. The summed E-state index contributed by atoms with van der Waals surface area (Å²) in [6, 6.07) is 11.7. The summed E-state index contributed by atoms with van der Waals surface area (Å²) in [4.78, 5) is 41.3. The van der Waals surface area contributed by atoms with E-state index in [-0.39, 0.29) is 12.3 Å². The first-order chi connectivity index (χ1) is 16.3. The third kappa shape index (κ3) is 6.06. The molecule has 3 aromatic rings. The lowest BCUT2D eigenvalue weighted by atomic mass is 9.97. The monoisotopic (exact) mass is 485 g/mol. The van der Waals surface area contributed by atoms with E-state index in [0.717, 1.165) is 16.5 Å². The number of anilines is 1. The molecule has 0 aliphatic rings. The van der Waals surface area contributed by atoms with Gasteiger partial charge in [0.15, 0.2) is 0 Å². The van der Waals surface area contributed by atoms with Crippen LogP contribution in [0.25, 0.3) is 10.9 Å². The van der Waals surface area contributed by atoms with Crippen LogP contribution in [-0.2, 0) is 16.0 Å². The Morgan fingerprint density at radius 3 is 2.44 bits per heavy atom. The number of hydrogen-bond acceptors (Lipinski definition) is 4. The van der Waals surface area contributed by atoms with Gasteiger partial charge in [0.1, 0.15) is 12.1 Å². The molecule has 0 spiro atoms. The summed E-state index contributed by atoms with van der Waals surface area (Å²) >= 11 is 6.09. The zero-order valence-corrected chi connectivity index (χ0v) is 19.6. The van der Waals surface area contributed by atoms with E-state index in [2.05, 4.69) is 20.9 Å². The van der Waals surface area contributed by atoms with Crippen LogP contribution in [0, 0.1) is 5.92 Å². The van der Waals surface area contributed by atoms with Gasteiger partial charge in [0.05, 0.1) is 10.7 Å². The molecule has 0 fully saturated rings. The Morgan fingerprint density at radius 2 is 1.74 bits per heavy atom. The topological polar surface area (TPSA) is 135 Å². The van der Waals surface area contributed by atoms with Crippen LogP contribution in [0.1, 0.15) is 25.8 Å². The number of fused-ring (bicyclic) bond motifs is 1. The van der Waals surface area contributed by atoms with Crippen molar-refractivity contribution in [3.8, 4) is 0 Å². The molecule has 0 radical (unpaired) electrons. The van der Waals surface area contributed by atoms with Crippen LogP contribution in [0.4, 0.5) is 10.5 Å². The van der Waals surface area contributed by atoms with Crippen LogP contribution >= 0.6 is 11.6 Å². The largest absolute Gasteiger partial charge is 0.361 e. The molecule has 1 heterocycles. The third-order valence-electron chi connectivity index (χ3n) is 5.75. The molecule has 3 atom stereocenters. The van der Waals surface area contributed by atoms with Gasteiger partial charge in [0, 0.05) is 23.5 Å². The predicted molar refractivity (Wildman–Crippen MR) is 131 cm³/mol. The van der Waals surface area contributed by atoms with E-state index >= 15 is 0 Å². The maximum atomic E-state index is 13.2. The lowest BCUT2D eigenvalue weighted by molar-refractivity contribution is -0.135. The van der Waals surface area contributed by atoms with Crippen LogP contribution in [0.2, 0.25) is 5.02 Å². The molecule has 0 aliphatic heterocycles. The number of hydrogen-bond donors (Lipinski definition) is 6. The number of benzene rings is 2. The number of aromatic amines is 1. The van der Waals surface area contributed by atoms with Gasteiger partial charge in [0.2, 0.25) is 5.91 Å². The molecule has 0 aliphatic carbocycles. The van der Waals surface area contributed by atoms with Gasteiger partial charge in [-0.2, -0.15) is 0 Å². The lowest BCUT2D eigenvalue weighted by Crippen LogP contribution is -2.56. The number of para-hydroxylation sites is 2. The van der Waals surface area contributed by atoms with Crippen molar-refractivity contribution in [1.82, 2.24) is 21.1 Å². The van der Waals surface area contributed by atoms with Crippen molar-refractivity contribution in [3.05, 3.63) is 65.3 Å². The fraction of sp³-hybridized carbons (Fsp3) is 0.292. The molecule has 0 saturated heterocycles. The van der Waals surface area contributed by atoms with Gasteiger partial charge < -0.3 is 20.9 Å². The molecule has 3 rings (SSSR count). The minimum absolute atomic E-state index is 0.140. The number of halogens is 1. The van der Waals surface area contributed by atoms with E-state index in [1.807, 2.05) is 38.1 Å². The molecule has 1 aromatic heterocycles. The molecule has 4 amide bonds. The minimum atomic E-state index is -1.06. The molecule has 0 bridgehead atoms. The fourth-order valence-electron chi connectivity index (χ4n) is 3.63. The summed E-state index contributed by atoms with van der Waals surface area (Å²) in [5.74, 6) is -1.54. The molecule has 10 heteroatoms. The number of carbonyl (C=O) groups is 3. The summed E-state index contributed by atoms with van der Waals surface area (Å²) in [5, 5.41) is 18.5.